The van der Waals surface area contributed by atoms with E-state index in [0.29, 0.717) is 0 Å². The first-order valence-electron chi connectivity index (χ1n) is 5.59. The van der Waals surface area contributed by atoms with Gasteiger partial charge in [-0.3, -0.25) is 4.98 Å². The second-order valence-electron chi connectivity index (χ2n) is 3.74. The second-order valence-corrected chi connectivity index (χ2v) is 4.65. The monoisotopic (exact) mass is 253 g/mol. The number of hydrogen-bond donors (Lipinski definition) is 1. The van der Waals surface area contributed by atoms with Crippen LogP contribution in [0.5, 0.6) is 0 Å². The Balaban J connectivity index is 0.000000169. The average Bonchev–Trinajstić information content (AvgIpc) is 3.12. The van der Waals surface area contributed by atoms with Crippen molar-refractivity contribution in [1.82, 2.24) is 15.0 Å². The van der Waals surface area contributed by atoms with Crippen LogP contribution in [0, 0.1) is 0 Å². The maximum absolute atomic E-state index is 4.32. The van der Waals surface area contributed by atoms with Crippen LogP contribution in [0.2, 0.25) is 0 Å². The fraction of sp³-hybridized carbons (Fsp3) is 0. The van der Waals surface area contributed by atoms with Crippen molar-refractivity contribution in [1.29, 1.82) is 0 Å². The normalized spacial score (nSPS) is 10.2. The molecule has 3 aromatic heterocycles. The number of aromatic amines is 1. The minimum absolute atomic E-state index is 1.08. The summed E-state index contributed by atoms with van der Waals surface area (Å²) in [5, 5.41) is 4.69. The number of H-pyrrole nitrogens is 1. The molecule has 0 spiro atoms. The van der Waals surface area contributed by atoms with Crippen molar-refractivity contribution in [2.24, 2.45) is 0 Å². The van der Waals surface area contributed by atoms with E-state index < -0.39 is 0 Å². The third-order valence-electron chi connectivity index (χ3n) is 2.61. The lowest BCUT2D eigenvalue weighted by molar-refractivity contribution is 1.31. The Bertz CT molecular complexity index is 727. The molecule has 0 aliphatic heterocycles. The summed E-state index contributed by atoms with van der Waals surface area (Å²) in [7, 11) is 0. The second kappa shape index (κ2) is 4.98. The molecule has 0 saturated carbocycles. The fourth-order valence-electron chi connectivity index (χ4n) is 1.80. The van der Waals surface area contributed by atoms with E-state index in [1.807, 2.05) is 12.3 Å². The summed E-state index contributed by atoms with van der Waals surface area (Å²) in [5.41, 5.74) is 1.08. The quantitative estimate of drug-likeness (QED) is 0.517. The number of aromatic nitrogens is 3. The molecule has 0 aliphatic carbocycles. The van der Waals surface area contributed by atoms with Crippen LogP contribution in [0.25, 0.3) is 21.0 Å². The van der Waals surface area contributed by atoms with Gasteiger partial charge in [0, 0.05) is 28.7 Å². The van der Waals surface area contributed by atoms with Gasteiger partial charge in [-0.05, 0) is 35.0 Å². The zero-order valence-corrected chi connectivity index (χ0v) is 10.4. The van der Waals surface area contributed by atoms with E-state index in [1.165, 1.54) is 15.5 Å². The van der Waals surface area contributed by atoms with Gasteiger partial charge in [0.15, 0.2) is 0 Å². The maximum Gasteiger partial charge on any atom is 0.0919 e. The van der Waals surface area contributed by atoms with E-state index in [9.17, 15) is 0 Å². The molecule has 0 amide bonds. The van der Waals surface area contributed by atoms with Crippen LogP contribution < -0.4 is 0 Å². The predicted molar refractivity (Wildman–Crippen MR) is 75.7 cm³/mol. The maximum atomic E-state index is 4.32. The smallest absolute Gasteiger partial charge is 0.0919 e. The van der Waals surface area contributed by atoms with Crippen LogP contribution in [-0.2, 0) is 0 Å². The first-order valence-corrected chi connectivity index (χ1v) is 6.47. The summed E-state index contributed by atoms with van der Waals surface area (Å²) in [6.45, 7) is 0. The van der Waals surface area contributed by atoms with E-state index in [2.05, 4.69) is 44.6 Å². The lowest BCUT2D eigenvalue weighted by Crippen LogP contribution is -1.75. The minimum Gasteiger partial charge on any atom is -0.351 e. The lowest BCUT2D eigenvalue weighted by Gasteiger charge is -1.96. The van der Waals surface area contributed by atoms with E-state index in [1.54, 1.807) is 30.1 Å². The van der Waals surface area contributed by atoms with E-state index in [0.717, 1.165) is 5.52 Å². The Morgan fingerprint density at radius 1 is 1.06 bits per heavy atom. The van der Waals surface area contributed by atoms with Crippen LogP contribution >= 0.6 is 11.3 Å². The molecule has 1 N–H and O–H groups in total. The number of nitrogens with one attached hydrogen (secondary N) is 1. The zero-order valence-electron chi connectivity index (χ0n) is 9.58. The Morgan fingerprint density at radius 3 is 2.83 bits per heavy atom. The zero-order chi connectivity index (χ0) is 12.2. The molecule has 88 valence electrons. The van der Waals surface area contributed by atoms with Crippen molar-refractivity contribution < 1.29 is 0 Å². The first-order chi connectivity index (χ1) is 8.95. The highest BCUT2D eigenvalue weighted by molar-refractivity contribution is 7.18. The highest BCUT2D eigenvalue weighted by atomic mass is 32.1. The molecule has 4 heteroatoms. The molecule has 0 atom stereocenters. The van der Waals surface area contributed by atoms with Crippen molar-refractivity contribution in [2.45, 2.75) is 0 Å². The van der Waals surface area contributed by atoms with Crippen molar-refractivity contribution in [3.8, 4) is 0 Å². The summed E-state index contributed by atoms with van der Waals surface area (Å²) < 4.78 is 1.34. The SMILES string of the molecule is c1c[nH]cn1.c1cnc2ccc3ccsc3c2c1. The summed E-state index contributed by atoms with van der Waals surface area (Å²) >= 11 is 1.78. The molecular formula is C14H11N3S. The summed E-state index contributed by atoms with van der Waals surface area (Å²) in [4.78, 5) is 10.7. The number of benzene rings is 1. The molecule has 3 nitrogen and oxygen atoms in total. The molecule has 0 fully saturated rings. The molecule has 3 heterocycles. The molecule has 1 aromatic carbocycles. The molecule has 0 aliphatic rings. The highest BCUT2D eigenvalue weighted by Gasteiger charge is 2.00. The van der Waals surface area contributed by atoms with Gasteiger partial charge in [-0.1, -0.05) is 6.07 Å². The van der Waals surface area contributed by atoms with Gasteiger partial charge in [0.1, 0.15) is 0 Å². The molecule has 18 heavy (non-hydrogen) atoms. The van der Waals surface area contributed by atoms with Gasteiger partial charge >= 0.3 is 0 Å². The number of rotatable bonds is 0. The van der Waals surface area contributed by atoms with Crippen LogP contribution in [0.3, 0.4) is 0 Å². The van der Waals surface area contributed by atoms with Gasteiger partial charge in [-0.15, -0.1) is 11.3 Å². The van der Waals surface area contributed by atoms with Crippen molar-refractivity contribution >= 4 is 32.3 Å². The lowest BCUT2D eigenvalue weighted by atomic mass is 10.2. The van der Waals surface area contributed by atoms with Crippen molar-refractivity contribution in [2.75, 3.05) is 0 Å². The molecular weight excluding hydrogens is 242 g/mol. The van der Waals surface area contributed by atoms with Crippen molar-refractivity contribution in [3.05, 3.63) is 60.6 Å². The van der Waals surface area contributed by atoms with E-state index >= 15 is 0 Å². The van der Waals surface area contributed by atoms with Gasteiger partial charge in [0.2, 0.25) is 0 Å². The van der Waals surface area contributed by atoms with Crippen LogP contribution in [0.1, 0.15) is 0 Å². The third-order valence-corrected chi connectivity index (χ3v) is 3.57. The van der Waals surface area contributed by atoms with Crippen LogP contribution in [-0.4, -0.2) is 15.0 Å². The third kappa shape index (κ3) is 2.10. The van der Waals surface area contributed by atoms with Crippen LogP contribution in [0.15, 0.2) is 60.6 Å². The molecule has 0 bridgehead atoms. The number of fused-ring (bicyclic) bond motifs is 3. The summed E-state index contributed by atoms with van der Waals surface area (Å²) in [5.74, 6) is 0. The number of hydrogen-bond acceptors (Lipinski definition) is 3. The van der Waals surface area contributed by atoms with E-state index in [4.69, 9.17) is 0 Å². The van der Waals surface area contributed by atoms with Gasteiger partial charge in [0.05, 0.1) is 11.8 Å². The fourth-order valence-corrected chi connectivity index (χ4v) is 2.72. The highest BCUT2D eigenvalue weighted by Crippen LogP contribution is 2.28. The average molecular weight is 253 g/mol. The minimum atomic E-state index is 1.08. The molecule has 4 rings (SSSR count). The number of pyridine rings is 1. The summed E-state index contributed by atoms with van der Waals surface area (Å²) in [6.07, 6.45) is 6.92. The van der Waals surface area contributed by atoms with Gasteiger partial charge in [-0.2, -0.15) is 0 Å². The Labute approximate surface area is 108 Å². The standard InChI is InChI=1S/C11H7NS.C3H4N2/c1-2-9-10(12-6-1)4-3-8-5-7-13-11(8)9;1-2-5-3-4-1/h1-7H;1-3H,(H,4,5). The number of imidazole rings is 1. The number of nitrogens with zero attached hydrogens (tertiary/aromatic N) is 2. The largest absolute Gasteiger partial charge is 0.351 e. The van der Waals surface area contributed by atoms with Gasteiger partial charge in [-0.25, -0.2) is 4.98 Å². The van der Waals surface area contributed by atoms with Crippen LogP contribution in [0.4, 0.5) is 0 Å². The van der Waals surface area contributed by atoms with Crippen molar-refractivity contribution in [3.63, 3.8) is 0 Å². The Hall–Kier alpha value is -2.20. The molecule has 0 radical (unpaired) electrons. The number of thiophene rings is 1. The van der Waals surface area contributed by atoms with E-state index in [-0.39, 0.29) is 0 Å². The molecule has 4 aromatic rings. The Morgan fingerprint density at radius 2 is 2.06 bits per heavy atom. The summed E-state index contributed by atoms with van der Waals surface area (Å²) in [6, 6.07) is 10.5. The molecule has 0 saturated heterocycles. The predicted octanol–water partition coefficient (Wildman–Crippen LogP) is 3.86. The Kier molecular flexibility index (Phi) is 3.02. The van der Waals surface area contributed by atoms with Gasteiger partial charge in [0.25, 0.3) is 0 Å². The molecule has 0 unspecified atom stereocenters. The topological polar surface area (TPSA) is 41.6 Å². The van der Waals surface area contributed by atoms with Gasteiger partial charge < -0.3 is 4.98 Å². The first kappa shape index (κ1) is 10.9.